The monoisotopic (exact) mass is 579 g/mol. The molecule has 0 fully saturated rings. The van der Waals surface area contributed by atoms with Crippen LogP contribution in [0, 0.1) is 0 Å². The SMILES string of the molecule is c1ccc(-c2ccccc2-c2cccc(Nc3cccc(-c4ccc(-c5cccc6c5sc5ccccc56)cc4)c3)c2)cc1. The summed E-state index contributed by atoms with van der Waals surface area (Å²) in [5, 5.41) is 6.32. The summed E-state index contributed by atoms with van der Waals surface area (Å²) in [5.74, 6) is 0. The highest BCUT2D eigenvalue weighted by atomic mass is 32.1. The molecule has 2 heteroatoms. The van der Waals surface area contributed by atoms with Crippen LogP contribution < -0.4 is 5.32 Å². The number of hydrogen-bond donors (Lipinski definition) is 1. The molecule has 0 unspecified atom stereocenters. The van der Waals surface area contributed by atoms with Crippen molar-refractivity contribution in [1.29, 1.82) is 0 Å². The molecule has 0 amide bonds. The fourth-order valence-corrected chi connectivity index (χ4v) is 7.37. The van der Waals surface area contributed by atoms with E-state index in [9.17, 15) is 0 Å². The van der Waals surface area contributed by atoms with E-state index < -0.39 is 0 Å². The van der Waals surface area contributed by atoms with Gasteiger partial charge in [-0.15, -0.1) is 11.3 Å². The predicted octanol–water partition coefficient (Wildman–Crippen LogP) is 12.5. The Bertz CT molecular complexity index is 2240. The highest BCUT2D eigenvalue weighted by Gasteiger charge is 2.11. The molecule has 0 bridgehead atoms. The lowest BCUT2D eigenvalue weighted by molar-refractivity contribution is 1.53. The van der Waals surface area contributed by atoms with Crippen molar-refractivity contribution in [3.05, 3.63) is 170 Å². The molecule has 8 aromatic rings. The van der Waals surface area contributed by atoms with Gasteiger partial charge in [-0.2, -0.15) is 0 Å². The third-order valence-corrected chi connectivity index (χ3v) is 9.49. The summed E-state index contributed by atoms with van der Waals surface area (Å²) in [6.07, 6.45) is 0. The molecule has 1 nitrogen and oxygen atoms in total. The fourth-order valence-electron chi connectivity index (χ4n) is 6.13. The predicted molar refractivity (Wildman–Crippen MR) is 191 cm³/mol. The van der Waals surface area contributed by atoms with Gasteiger partial charge in [0.15, 0.2) is 0 Å². The normalized spacial score (nSPS) is 11.2. The first-order valence-electron chi connectivity index (χ1n) is 14.9. The van der Waals surface area contributed by atoms with Crippen molar-refractivity contribution < 1.29 is 0 Å². The van der Waals surface area contributed by atoms with Crippen molar-refractivity contribution in [2.24, 2.45) is 0 Å². The van der Waals surface area contributed by atoms with Gasteiger partial charge in [0.25, 0.3) is 0 Å². The molecule has 8 rings (SSSR count). The van der Waals surface area contributed by atoms with E-state index in [2.05, 4.69) is 175 Å². The van der Waals surface area contributed by atoms with E-state index in [4.69, 9.17) is 0 Å². The Morgan fingerprint density at radius 2 is 0.864 bits per heavy atom. The third kappa shape index (κ3) is 4.96. The van der Waals surface area contributed by atoms with Crippen LogP contribution in [0.2, 0.25) is 0 Å². The second-order valence-electron chi connectivity index (χ2n) is 11.1. The highest BCUT2D eigenvalue weighted by molar-refractivity contribution is 7.26. The third-order valence-electron chi connectivity index (χ3n) is 8.27. The van der Waals surface area contributed by atoms with Gasteiger partial charge in [-0.05, 0) is 74.8 Å². The average Bonchev–Trinajstić information content (AvgIpc) is 3.48. The molecule has 0 aliphatic heterocycles. The Morgan fingerprint density at radius 3 is 1.66 bits per heavy atom. The lowest BCUT2D eigenvalue weighted by atomic mass is 9.94. The first kappa shape index (κ1) is 26.2. The molecule has 0 saturated heterocycles. The summed E-state index contributed by atoms with van der Waals surface area (Å²) in [7, 11) is 0. The lowest BCUT2D eigenvalue weighted by Crippen LogP contribution is -1.92. The molecule has 44 heavy (non-hydrogen) atoms. The van der Waals surface area contributed by atoms with Crippen LogP contribution in [0.5, 0.6) is 0 Å². The molecule has 0 aliphatic rings. The topological polar surface area (TPSA) is 12.0 Å². The molecule has 1 N–H and O–H groups in total. The van der Waals surface area contributed by atoms with Gasteiger partial charge < -0.3 is 5.32 Å². The molecule has 1 heterocycles. The van der Waals surface area contributed by atoms with E-state index in [-0.39, 0.29) is 0 Å². The van der Waals surface area contributed by atoms with Crippen LogP contribution in [0.3, 0.4) is 0 Å². The summed E-state index contributed by atoms with van der Waals surface area (Å²) in [6.45, 7) is 0. The largest absolute Gasteiger partial charge is 0.355 e. The van der Waals surface area contributed by atoms with Gasteiger partial charge >= 0.3 is 0 Å². The van der Waals surface area contributed by atoms with E-state index in [1.807, 2.05) is 11.3 Å². The standard InChI is InChI=1S/C42H29NS/c1-2-11-30(12-3-1)36-17-4-5-18-37(36)33-14-9-16-35(28-33)43-34-15-8-13-32(27-34)29-23-25-31(26-24-29)38-20-10-21-40-39-19-6-7-22-41(39)44-42(38)40/h1-28,43H. The van der Waals surface area contributed by atoms with E-state index in [1.54, 1.807) is 0 Å². The number of thiophene rings is 1. The van der Waals surface area contributed by atoms with Gasteiger partial charge in [0.2, 0.25) is 0 Å². The summed E-state index contributed by atoms with van der Waals surface area (Å²) >= 11 is 1.88. The fraction of sp³-hybridized carbons (Fsp3) is 0. The minimum atomic E-state index is 1.06. The number of nitrogens with one attached hydrogen (secondary N) is 1. The molecule has 0 radical (unpaired) electrons. The van der Waals surface area contributed by atoms with Gasteiger partial charge in [-0.25, -0.2) is 0 Å². The molecule has 1 aromatic heterocycles. The van der Waals surface area contributed by atoms with Crippen molar-refractivity contribution in [2.75, 3.05) is 5.32 Å². The van der Waals surface area contributed by atoms with Crippen LogP contribution in [-0.2, 0) is 0 Å². The maximum absolute atomic E-state index is 3.65. The molecule has 0 aliphatic carbocycles. The summed E-state index contributed by atoms with van der Waals surface area (Å²) < 4.78 is 2.68. The van der Waals surface area contributed by atoms with Crippen LogP contribution >= 0.6 is 11.3 Å². The number of anilines is 2. The Labute approximate surface area is 261 Å². The second kappa shape index (κ2) is 11.3. The van der Waals surface area contributed by atoms with Crippen LogP contribution in [-0.4, -0.2) is 0 Å². The second-order valence-corrected chi connectivity index (χ2v) is 12.1. The molecule has 208 valence electrons. The zero-order chi connectivity index (χ0) is 29.3. The van der Waals surface area contributed by atoms with Crippen LogP contribution in [0.15, 0.2) is 170 Å². The average molecular weight is 580 g/mol. The molecule has 0 atom stereocenters. The van der Waals surface area contributed by atoms with E-state index >= 15 is 0 Å². The molecular formula is C42H29NS. The Morgan fingerprint density at radius 1 is 0.341 bits per heavy atom. The number of benzene rings is 7. The van der Waals surface area contributed by atoms with Gasteiger partial charge in [0.1, 0.15) is 0 Å². The van der Waals surface area contributed by atoms with Crippen LogP contribution in [0.1, 0.15) is 0 Å². The molecule has 0 saturated carbocycles. The van der Waals surface area contributed by atoms with Crippen molar-refractivity contribution in [3.63, 3.8) is 0 Å². The Hall–Kier alpha value is -5.44. The first-order chi connectivity index (χ1) is 21.8. The molecule has 0 spiro atoms. The smallest absolute Gasteiger partial charge is 0.0433 e. The van der Waals surface area contributed by atoms with Crippen molar-refractivity contribution in [3.8, 4) is 44.5 Å². The van der Waals surface area contributed by atoms with Crippen molar-refractivity contribution in [2.45, 2.75) is 0 Å². The Balaban J connectivity index is 1.07. The van der Waals surface area contributed by atoms with Crippen LogP contribution in [0.25, 0.3) is 64.7 Å². The van der Waals surface area contributed by atoms with Crippen molar-refractivity contribution in [1.82, 2.24) is 0 Å². The van der Waals surface area contributed by atoms with Gasteiger partial charge in [0.05, 0.1) is 0 Å². The summed E-state index contributed by atoms with van der Waals surface area (Å²) in [5.41, 5.74) is 11.9. The zero-order valence-corrected chi connectivity index (χ0v) is 24.9. The maximum Gasteiger partial charge on any atom is 0.0433 e. The molecular weight excluding hydrogens is 551 g/mol. The minimum absolute atomic E-state index is 1.06. The maximum atomic E-state index is 3.65. The quantitative estimate of drug-likeness (QED) is 0.207. The zero-order valence-electron chi connectivity index (χ0n) is 24.1. The van der Waals surface area contributed by atoms with Crippen LogP contribution in [0.4, 0.5) is 11.4 Å². The molecule has 7 aromatic carbocycles. The Kier molecular flexibility index (Phi) is 6.75. The highest BCUT2D eigenvalue weighted by Crippen LogP contribution is 2.40. The van der Waals surface area contributed by atoms with E-state index in [0.717, 1.165) is 11.4 Å². The summed E-state index contributed by atoms with van der Waals surface area (Å²) in [4.78, 5) is 0. The van der Waals surface area contributed by atoms with Gasteiger partial charge in [-0.3, -0.25) is 0 Å². The van der Waals surface area contributed by atoms with Crippen molar-refractivity contribution >= 4 is 42.9 Å². The lowest BCUT2D eigenvalue weighted by Gasteiger charge is -2.13. The summed E-state index contributed by atoms with van der Waals surface area (Å²) in [6, 6.07) is 60.9. The first-order valence-corrected chi connectivity index (χ1v) is 15.7. The number of rotatable bonds is 6. The van der Waals surface area contributed by atoms with Gasteiger partial charge in [-0.1, -0.05) is 140 Å². The van der Waals surface area contributed by atoms with Gasteiger partial charge in [0, 0.05) is 31.5 Å². The van der Waals surface area contributed by atoms with E-state index in [0.29, 0.717) is 0 Å². The minimum Gasteiger partial charge on any atom is -0.355 e. The van der Waals surface area contributed by atoms with E-state index in [1.165, 1.54) is 64.7 Å². The number of fused-ring (bicyclic) bond motifs is 3. The number of hydrogen-bond acceptors (Lipinski definition) is 2.